The maximum atomic E-state index is 9.13. The van der Waals surface area contributed by atoms with E-state index in [0.29, 0.717) is 29.7 Å². The molecule has 106 valence electrons. The molecule has 1 heterocycles. The molecule has 0 spiro atoms. The molecular formula is C14H17N3O3. The topological polar surface area (TPSA) is 76.5 Å². The van der Waals surface area contributed by atoms with Crippen molar-refractivity contribution in [1.82, 2.24) is 9.97 Å². The Morgan fingerprint density at radius 2 is 2.15 bits per heavy atom. The van der Waals surface area contributed by atoms with Crippen molar-refractivity contribution in [3.05, 3.63) is 36.2 Å². The number of aromatic nitrogens is 2. The third-order valence-corrected chi connectivity index (χ3v) is 2.62. The van der Waals surface area contributed by atoms with E-state index < -0.39 is 0 Å². The number of anilines is 1. The highest BCUT2D eigenvalue weighted by Crippen LogP contribution is 2.34. The van der Waals surface area contributed by atoms with E-state index in [1.165, 1.54) is 13.4 Å². The first kappa shape index (κ1) is 14.1. The summed E-state index contributed by atoms with van der Waals surface area (Å²) in [5.41, 5.74) is 0.766. The summed E-state index contributed by atoms with van der Waals surface area (Å²) >= 11 is 0. The minimum absolute atomic E-state index is 0.0409. The molecule has 20 heavy (non-hydrogen) atoms. The fraction of sp³-hybridized carbons (Fsp3) is 0.286. The van der Waals surface area contributed by atoms with Crippen molar-refractivity contribution < 1.29 is 14.6 Å². The Bertz CT molecular complexity index is 575. The highest BCUT2D eigenvalue weighted by molar-refractivity contribution is 5.55. The van der Waals surface area contributed by atoms with Gasteiger partial charge in [-0.05, 0) is 24.6 Å². The molecule has 1 aromatic carbocycles. The van der Waals surface area contributed by atoms with Crippen LogP contribution in [0.1, 0.15) is 12.5 Å². The van der Waals surface area contributed by atoms with Crippen LogP contribution in [0.3, 0.4) is 0 Å². The van der Waals surface area contributed by atoms with E-state index in [9.17, 15) is 0 Å². The Kier molecular flexibility index (Phi) is 4.73. The fourth-order valence-electron chi connectivity index (χ4n) is 1.73. The first-order chi connectivity index (χ1) is 9.78. The third kappa shape index (κ3) is 3.16. The predicted molar refractivity (Wildman–Crippen MR) is 75.2 cm³/mol. The molecule has 1 aromatic heterocycles. The lowest BCUT2D eigenvalue weighted by Gasteiger charge is -2.12. The van der Waals surface area contributed by atoms with Crippen LogP contribution in [0.25, 0.3) is 0 Å². The van der Waals surface area contributed by atoms with Crippen molar-refractivity contribution in [3.8, 4) is 17.4 Å². The van der Waals surface area contributed by atoms with Crippen LogP contribution in [0.5, 0.6) is 17.4 Å². The minimum Gasteiger partial charge on any atom is -0.489 e. The number of ether oxygens (including phenoxy) is 2. The maximum absolute atomic E-state index is 9.13. The third-order valence-electron chi connectivity index (χ3n) is 2.62. The minimum atomic E-state index is -0.0409. The van der Waals surface area contributed by atoms with Crippen molar-refractivity contribution in [1.29, 1.82) is 0 Å². The van der Waals surface area contributed by atoms with Gasteiger partial charge in [-0.1, -0.05) is 12.1 Å². The highest BCUT2D eigenvalue weighted by Gasteiger charge is 2.13. The molecular weight excluding hydrogens is 258 g/mol. The van der Waals surface area contributed by atoms with Crippen LogP contribution in [0.4, 0.5) is 5.82 Å². The van der Waals surface area contributed by atoms with Crippen molar-refractivity contribution in [2.24, 2.45) is 0 Å². The lowest BCUT2D eigenvalue weighted by atomic mass is 10.2. The summed E-state index contributed by atoms with van der Waals surface area (Å²) in [5.74, 6) is 1.94. The van der Waals surface area contributed by atoms with Crippen LogP contribution in [0.15, 0.2) is 30.6 Å². The largest absolute Gasteiger partial charge is 0.489 e. The summed E-state index contributed by atoms with van der Waals surface area (Å²) in [6.07, 6.45) is 1.41. The van der Waals surface area contributed by atoms with Gasteiger partial charge in [-0.15, -0.1) is 0 Å². The molecule has 0 aliphatic rings. The standard InChI is InChI=1S/C14H17N3O3/c1-3-15-13-12(19-2)14(17-9-16-13)20-11-6-4-5-10(7-11)8-18/h4-7,9,18H,3,8H2,1-2H3,(H,15,16,17). The molecule has 0 amide bonds. The van der Waals surface area contributed by atoms with E-state index in [1.54, 1.807) is 18.2 Å². The smallest absolute Gasteiger partial charge is 0.268 e. The Balaban J connectivity index is 2.30. The van der Waals surface area contributed by atoms with Gasteiger partial charge in [-0.3, -0.25) is 0 Å². The number of methoxy groups -OCH3 is 1. The number of nitrogens with zero attached hydrogens (tertiary/aromatic N) is 2. The highest BCUT2D eigenvalue weighted by atomic mass is 16.5. The summed E-state index contributed by atoms with van der Waals surface area (Å²) in [5, 5.41) is 12.2. The monoisotopic (exact) mass is 275 g/mol. The molecule has 2 aromatic rings. The SMILES string of the molecule is CCNc1ncnc(Oc2cccc(CO)c2)c1OC. The quantitative estimate of drug-likeness (QED) is 0.841. The Morgan fingerprint density at radius 1 is 1.30 bits per heavy atom. The summed E-state index contributed by atoms with van der Waals surface area (Å²) in [6.45, 7) is 2.64. The van der Waals surface area contributed by atoms with Crippen molar-refractivity contribution >= 4 is 5.82 Å². The Morgan fingerprint density at radius 3 is 2.85 bits per heavy atom. The zero-order chi connectivity index (χ0) is 14.4. The van der Waals surface area contributed by atoms with Crippen LogP contribution in [-0.2, 0) is 6.61 Å². The van der Waals surface area contributed by atoms with Gasteiger partial charge in [0.25, 0.3) is 5.88 Å². The van der Waals surface area contributed by atoms with Crippen LogP contribution in [-0.4, -0.2) is 28.7 Å². The average Bonchev–Trinajstić information content (AvgIpc) is 2.48. The van der Waals surface area contributed by atoms with Gasteiger partial charge in [0.1, 0.15) is 12.1 Å². The van der Waals surface area contributed by atoms with Crippen LogP contribution in [0.2, 0.25) is 0 Å². The zero-order valence-electron chi connectivity index (χ0n) is 11.5. The normalized spacial score (nSPS) is 10.2. The van der Waals surface area contributed by atoms with Gasteiger partial charge in [0.05, 0.1) is 13.7 Å². The second-order valence-electron chi connectivity index (χ2n) is 4.00. The lowest BCUT2D eigenvalue weighted by Crippen LogP contribution is -2.04. The van der Waals surface area contributed by atoms with Gasteiger partial charge in [0.2, 0.25) is 5.75 Å². The van der Waals surface area contributed by atoms with Crippen molar-refractivity contribution in [3.63, 3.8) is 0 Å². The molecule has 2 rings (SSSR count). The van der Waals surface area contributed by atoms with Gasteiger partial charge in [0, 0.05) is 6.54 Å². The molecule has 6 nitrogen and oxygen atoms in total. The molecule has 0 aliphatic carbocycles. The number of hydrogen-bond acceptors (Lipinski definition) is 6. The number of benzene rings is 1. The predicted octanol–water partition coefficient (Wildman–Crippen LogP) is 2.20. The molecule has 0 fully saturated rings. The molecule has 0 saturated heterocycles. The van der Waals surface area contributed by atoms with E-state index in [1.807, 2.05) is 13.0 Å². The number of hydrogen-bond donors (Lipinski definition) is 2. The van der Waals surface area contributed by atoms with Gasteiger partial charge in [0.15, 0.2) is 5.82 Å². The summed E-state index contributed by atoms with van der Waals surface area (Å²) < 4.78 is 11.0. The summed E-state index contributed by atoms with van der Waals surface area (Å²) in [7, 11) is 1.54. The fourth-order valence-corrected chi connectivity index (χ4v) is 1.73. The van der Waals surface area contributed by atoms with E-state index in [0.717, 1.165) is 5.56 Å². The summed E-state index contributed by atoms with van der Waals surface area (Å²) in [6, 6.07) is 7.15. The second kappa shape index (κ2) is 6.72. The van der Waals surface area contributed by atoms with Crippen LogP contribution >= 0.6 is 0 Å². The van der Waals surface area contributed by atoms with E-state index >= 15 is 0 Å². The van der Waals surface area contributed by atoms with Crippen molar-refractivity contribution in [2.45, 2.75) is 13.5 Å². The number of aliphatic hydroxyl groups excluding tert-OH is 1. The lowest BCUT2D eigenvalue weighted by molar-refractivity contribution is 0.281. The number of rotatable bonds is 6. The molecule has 0 radical (unpaired) electrons. The Hall–Kier alpha value is -2.34. The van der Waals surface area contributed by atoms with Gasteiger partial charge in [-0.2, -0.15) is 4.98 Å². The first-order valence-corrected chi connectivity index (χ1v) is 6.29. The van der Waals surface area contributed by atoms with E-state index in [-0.39, 0.29) is 6.61 Å². The van der Waals surface area contributed by atoms with Crippen LogP contribution < -0.4 is 14.8 Å². The van der Waals surface area contributed by atoms with Crippen molar-refractivity contribution in [2.75, 3.05) is 19.0 Å². The Labute approximate surface area is 117 Å². The first-order valence-electron chi connectivity index (χ1n) is 6.29. The molecule has 6 heteroatoms. The molecule has 0 unspecified atom stereocenters. The average molecular weight is 275 g/mol. The molecule has 0 saturated carbocycles. The molecule has 0 atom stereocenters. The van der Waals surface area contributed by atoms with Gasteiger partial charge < -0.3 is 19.9 Å². The van der Waals surface area contributed by atoms with E-state index in [2.05, 4.69) is 15.3 Å². The maximum Gasteiger partial charge on any atom is 0.268 e. The number of aliphatic hydroxyl groups is 1. The second-order valence-corrected chi connectivity index (χ2v) is 4.00. The number of nitrogens with one attached hydrogen (secondary N) is 1. The van der Waals surface area contributed by atoms with Gasteiger partial charge in [-0.25, -0.2) is 4.98 Å². The molecule has 0 aliphatic heterocycles. The van der Waals surface area contributed by atoms with Crippen LogP contribution in [0, 0.1) is 0 Å². The molecule has 0 bridgehead atoms. The zero-order valence-corrected chi connectivity index (χ0v) is 11.5. The molecule has 2 N–H and O–H groups in total. The van der Waals surface area contributed by atoms with Gasteiger partial charge >= 0.3 is 0 Å². The summed E-state index contributed by atoms with van der Waals surface area (Å²) in [4.78, 5) is 8.19. The van der Waals surface area contributed by atoms with E-state index in [4.69, 9.17) is 14.6 Å².